The molecule has 1 saturated heterocycles. The molecule has 0 unspecified atom stereocenters. The molecule has 0 radical (unpaired) electrons. The van der Waals surface area contributed by atoms with Crippen molar-refractivity contribution in [3.05, 3.63) is 81.7 Å². The number of rotatable bonds is 10. The number of likely N-dealkylation sites (tertiary alicyclic amines) is 1. The van der Waals surface area contributed by atoms with E-state index in [2.05, 4.69) is 4.98 Å². The number of amides is 1. The van der Waals surface area contributed by atoms with Gasteiger partial charge in [0.2, 0.25) is 15.9 Å². The van der Waals surface area contributed by atoms with Gasteiger partial charge in [0, 0.05) is 39.0 Å². The highest BCUT2D eigenvalue weighted by Gasteiger charge is 2.38. The number of carbonyl (C=O) groups excluding carboxylic acids is 1. The summed E-state index contributed by atoms with van der Waals surface area (Å²) >= 11 is 0. The number of aryl methyl sites for hydroxylation is 2. The van der Waals surface area contributed by atoms with Gasteiger partial charge in [-0.1, -0.05) is 24.3 Å². The molecule has 1 amide bonds. The number of quaternary nitrogens is 1. The average molecular weight is 671 g/mol. The van der Waals surface area contributed by atoms with E-state index in [0.29, 0.717) is 43.1 Å². The van der Waals surface area contributed by atoms with Gasteiger partial charge in [-0.15, -0.1) is 0 Å². The molecule has 2 aromatic carbocycles. The number of carboxylic acid groups (broad SMARTS) is 1. The summed E-state index contributed by atoms with van der Waals surface area (Å²) in [5.41, 5.74) is 3.15. The van der Waals surface area contributed by atoms with Crippen LogP contribution in [0.25, 0.3) is 0 Å². The van der Waals surface area contributed by atoms with E-state index in [4.69, 9.17) is 19.1 Å². The lowest BCUT2D eigenvalue weighted by Crippen LogP contribution is -2.37. The molecule has 1 aromatic heterocycles. The molecule has 1 aliphatic heterocycles. The fraction of sp³-hybridized carbons (Fsp3) is 0.433. The normalized spacial score (nSPS) is 14.5. The topological polar surface area (TPSA) is 153 Å². The van der Waals surface area contributed by atoms with Gasteiger partial charge < -0.3 is 29.0 Å². The van der Waals surface area contributed by atoms with Crippen LogP contribution in [0.4, 0.5) is 13.2 Å². The molecule has 12 nitrogen and oxygen atoms in total. The fourth-order valence-corrected chi connectivity index (χ4v) is 6.57. The summed E-state index contributed by atoms with van der Waals surface area (Å²) in [7, 11) is 0.797. The van der Waals surface area contributed by atoms with Crippen LogP contribution >= 0.6 is 0 Å². The molecule has 1 aliphatic rings. The maximum absolute atomic E-state index is 13.3. The number of sulfonamides is 1. The minimum absolute atomic E-state index is 0.0959. The van der Waals surface area contributed by atoms with Crippen molar-refractivity contribution in [3.8, 4) is 5.75 Å². The number of hydroxylamine groups is 3. The summed E-state index contributed by atoms with van der Waals surface area (Å²) in [5.74, 6) is -2.40. The molecule has 0 atom stereocenters. The standard InChI is InChI=1S/C28H36N4O6S.C2HF3O2/c1-20-14-24(37-5)15-21(2)27(20)39(35,36)31(4)17-26-29-25(19-38-26)28(33)30(3)16-22-8-10-23(11-9-22)18-32(34)12-6-7-13-32;3-2(4,5)1(6)7/h8-11,14-15,19H,6-7,12-13,16-18H2,1-5H3;(H,6,7). The van der Waals surface area contributed by atoms with Gasteiger partial charge in [-0.05, 0) is 42.7 Å². The number of hydrogen-bond acceptors (Lipinski definition) is 8. The second-order valence-electron chi connectivity index (χ2n) is 11.1. The van der Waals surface area contributed by atoms with Gasteiger partial charge >= 0.3 is 12.1 Å². The van der Waals surface area contributed by atoms with Crippen molar-refractivity contribution in [2.75, 3.05) is 34.3 Å². The highest BCUT2D eigenvalue weighted by atomic mass is 32.2. The molecule has 4 rings (SSSR count). The van der Waals surface area contributed by atoms with Gasteiger partial charge in [0.1, 0.15) is 18.6 Å². The number of aromatic nitrogens is 1. The van der Waals surface area contributed by atoms with Crippen LogP contribution in [-0.2, 0) is 34.5 Å². The SMILES string of the molecule is COc1cc(C)c(S(=O)(=O)N(C)Cc2nc(C(=O)N(C)Cc3ccc(C[N+]4([O-])CCCC4)cc3)co2)c(C)c1.O=C(O)C(F)(F)F. The van der Waals surface area contributed by atoms with Gasteiger partial charge in [-0.25, -0.2) is 18.2 Å². The van der Waals surface area contributed by atoms with Crippen molar-refractivity contribution in [3.63, 3.8) is 0 Å². The predicted octanol–water partition coefficient (Wildman–Crippen LogP) is 4.63. The van der Waals surface area contributed by atoms with Crippen LogP contribution in [-0.4, -0.2) is 84.7 Å². The van der Waals surface area contributed by atoms with Gasteiger partial charge in [0.05, 0.1) is 31.6 Å². The number of aliphatic carboxylic acids is 1. The molecule has 252 valence electrons. The van der Waals surface area contributed by atoms with Crippen LogP contribution in [0.2, 0.25) is 0 Å². The number of methoxy groups -OCH3 is 1. The highest BCUT2D eigenvalue weighted by Crippen LogP contribution is 2.28. The maximum Gasteiger partial charge on any atom is 0.490 e. The Hall–Kier alpha value is -3.99. The van der Waals surface area contributed by atoms with Crippen molar-refractivity contribution in [2.24, 2.45) is 0 Å². The summed E-state index contributed by atoms with van der Waals surface area (Å²) in [5, 5.41) is 19.8. The van der Waals surface area contributed by atoms with Gasteiger partial charge in [0.25, 0.3) is 5.91 Å². The van der Waals surface area contributed by atoms with E-state index < -0.39 is 22.2 Å². The third-order valence-corrected chi connectivity index (χ3v) is 9.46. The molecule has 0 bridgehead atoms. The Balaban J connectivity index is 0.000000738. The highest BCUT2D eigenvalue weighted by molar-refractivity contribution is 7.89. The monoisotopic (exact) mass is 670 g/mol. The molecule has 0 aliphatic carbocycles. The molecule has 1 fully saturated rings. The number of hydrogen-bond donors (Lipinski definition) is 1. The predicted molar refractivity (Wildman–Crippen MR) is 160 cm³/mol. The molecular weight excluding hydrogens is 633 g/mol. The number of alkyl halides is 3. The smallest absolute Gasteiger partial charge is 0.490 e. The van der Waals surface area contributed by atoms with Crippen LogP contribution < -0.4 is 4.74 Å². The Kier molecular flexibility index (Phi) is 11.6. The number of ether oxygens (including phenoxy) is 1. The first-order valence-corrected chi connectivity index (χ1v) is 15.6. The van der Waals surface area contributed by atoms with Crippen LogP contribution in [0.5, 0.6) is 5.75 Å². The Morgan fingerprint density at radius 2 is 1.57 bits per heavy atom. The van der Waals surface area contributed by atoms with E-state index >= 15 is 0 Å². The van der Waals surface area contributed by atoms with Crippen molar-refractivity contribution in [1.82, 2.24) is 14.2 Å². The first-order valence-electron chi connectivity index (χ1n) is 14.1. The van der Waals surface area contributed by atoms with E-state index in [1.165, 1.54) is 25.3 Å². The lowest BCUT2D eigenvalue weighted by atomic mass is 10.1. The Labute approximate surface area is 265 Å². The van der Waals surface area contributed by atoms with E-state index in [1.807, 2.05) is 24.3 Å². The van der Waals surface area contributed by atoms with Gasteiger partial charge in [0.15, 0.2) is 5.69 Å². The number of nitrogens with zero attached hydrogens (tertiary/aromatic N) is 4. The minimum Gasteiger partial charge on any atom is -0.633 e. The number of carboxylic acids is 1. The summed E-state index contributed by atoms with van der Waals surface area (Å²) < 4.78 is 70.0. The van der Waals surface area contributed by atoms with E-state index in [9.17, 15) is 31.6 Å². The van der Waals surface area contributed by atoms with Crippen LogP contribution in [0.15, 0.2) is 52.0 Å². The summed E-state index contributed by atoms with van der Waals surface area (Å²) in [4.78, 5) is 27.8. The van der Waals surface area contributed by atoms with Crippen LogP contribution in [0.1, 0.15) is 51.5 Å². The third-order valence-electron chi connectivity index (χ3n) is 7.35. The lowest BCUT2D eigenvalue weighted by Gasteiger charge is -2.38. The number of benzene rings is 2. The minimum atomic E-state index is -5.08. The van der Waals surface area contributed by atoms with E-state index in [1.54, 1.807) is 33.0 Å². The van der Waals surface area contributed by atoms with Crippen molar-refractivity contribution < 1.29 is 50.1 Å². The van der Waals surface area contributed by atoms with E-state index in [-0.39, 0.29) is 33.6 Å². The van der Waals surface area contributed by atoms with Crippen molar-refractivity contribution in [1.29, 1.82) is 0 Å². The molecule has 16 heteroatoms. The van der Waals surface area contributed by atoms with Crippen molar-refractivity contribution in [2.45, 2.75) is 57.4 Å². The zero-order valence-corrected chi connectivity index (χ0v) is 26.9. The van der Waals surface area contributed by atoms with Gasteiger partial charge in [-0.3, -0.25) is 4.79 Å². The average Bonchev–Trinajstić information content (AvgIpc) is 3.61. The largest absolute Gasteiger partial charge is 0.633 e. The molecule has 2 heterocycles. The zero-order valence-electron chi connectivity index (χ0n) is 26.1. The maximum atomic E-state index is 13.3. The lowest BCUT2D eigenvalue weighted by molar-refractivity contribution is -0.881. The molecular formula is C30H37F3N4O8S. The molecule has 0 saturated carbocycles. The number of halogens is 3. The molecule has 46 heavy (non-hydrogen) atoms. The van der Waals surface area contributed by atoms with Crippen LogP contribution in [0.3, 0.4) is 0 Å². The van der Waals surface area contributed by atoms with E-state index in [0.717, 1.165) is 28.3 Å². The first kappa shape index (κ1) is 36.5. The Morgan fingerprint density at radius 3 is 2.07 bits per heavy atom. The fourth-order valence-electron chi connectivity index (χ4n) is 5.04. The molecule has 0 spiro atoms. The van der Waals surface area contributed by atoms with Crippen LogP contribution in [0, 0.1) is 19.1 Å². The Morgan fingerprint density at radius 1 is 1.04 bits per heavy atom. The third kappa shape index (κ3) is 9.28. The summed E-state index contributed by atoms with van der Waals surface area (Å²) in [6.07, 6.45) is -1.88. The quantitative estimate of drug-likeness (QED) is 0.240. The molecule has 1 N–H and O–H groups in total. The second kappa shape index (κ2) is 14.6. The number of oxazole rings is 1. The first-order chi connectivity index (χ1) is 21.4. The summed E-state index contributed by atoms with van der Waals surface area (Å²) in [6, 6.07) is 11.1. The summed E-state index contributed by atoms with van der Waals surface area (Å²) in [6.45, 7) is 5.46. The van der Waals surface area contributed by atoms with Crippen molar-refractivity contribution >= 4 is 21.9 Å². The van der Waals surface area contributed by atoms with Gasteiger partial charge in [-0.2, -0.15) is 17.5 Å². The Bertz CT molecular complexity index is 1610. The second-order valence-corrected chi connectivity index (χ2v) is 13.1. The number of carbonyl (C=O) groups is 2. The molecule has 3 aromatic rings. The zero-order chi connectivity index (χ0) is 34.4.